The maximum atomic E-state index is 14.9. The zero-order valence-corrected chi connectivity index (χ0v) is 17.8. The number of carbonyl (C=O) groups excluding carboxylic acids is 1. The van der Waals surface area contributed by atoms with Crippen LogP contribution in [0.15, 0.2) is 18.2 Å². The van der Waals surface area contributed by atoms with Gasteiger partial charge in [0.1, 0.15) is 11.9 Å². The average molecular weight is 419 g/mol. The van der Waals surface area contributed by atoms with Crippen LogP contribution < -0.4 is 16.1 Å². The Kier molecular flexibility index (Phi) is 7.57. The Morgan fingerprint density at radius 2 is 1.93 bits per heavy atom. The molecule has 1 unspecified atom stereocenters. The van der Waals surface area contributed by atoms with Gasteiger partial charge in [0.05, 0.1) is 6.61 Å². The normalized spacial score (nSPS) is 25.0. The standard InChI is InChI=1S/C23H35FN4O2/c24-21-16-19(26-22-2-1-15-30-27-23(22)29)3-4-20(21)18-8-13-28(14-9-18)12-7-17-5-10-25-11-6-17/h3-4,16-18,22,25-26H,1-2,5-15H2,(H,27,29). The highest BCUT2D eigenvalue weighted by atomic mass is 19.1. The number of anilines is 1. The van der Waals surface area contributed by atoms with E-state index in [1.165, 1.54) is 31.9 Å². The topological polar surface area (TPSA) is 65.6 Å². The van der Waals surface area contributed by atoms with Gasteiger partial charge in [-0.3, -0.25) is 9.63 Å². The van der Waals surface area contributed by atoms with Crippen molar-refractivity contribution in [3.63, 3.8) is 0 Å². The molecule has 1 aromatic carbocycles. The number of hydroxylamine groups is 1. The van der Waals surface area contributed by atoms with Crippen molar-refractivity contribution in [2.45, 2.75) is 56.9 Å². The van der Waals surface area contributed by atoms with E-state index in [9.17, 15) is 9.18 Å². The second kappa shape index (κ2) is 10.6. The van der Waals surface area contributed by atoms with Crippen molar-refractivity contribution in [1.29, 1.82) is 0 Å². The van der Waals surface area contributed by atoms with Crippen LogP contribution in [-0.2, 0) is 9.63 Å². The number of hydrogen-bond donors (Lipinski definition) is 3. The van der Waals surface area contributed by atoms with Gasteiger partial charge >= 0.3 is 0 Å². The fourth-order valence-corrected chi connectivity index (χ4v) is 4.97. The number of carbonyl (C=O) groups is 1. The highest BCUT2D eigenvalue weighted by molar-refractivity contribution is 5.83. The Labute approximate surface area is 178 Å². The van der Waals surface area contributed by atoms with Crippen molar-refractivity contribution < 1.29 is 14.0 Å². The lowest BCUT2D eigenvalue weighted by atomic mass is 9.88. The third kappa shape index (κ3) is 5.71. The van der Waals surface area contributed by atoms with Gasteiger partial charge in [-0.05, 0) is 107 Å². The van der Waals surface area contributed by atoms with Crippen LogP contribution >= 0.6 is 0 Å². The molecule has 3 saturated heterocycles. The molecule has 1 atom stereocenters. The maximum Gasteiger partial charge on any atom is 0.265 e. The molecule has 4 rings (SSSR count). The summed E-state index contributed by atoms with van der Waals surface area (Å²) in [6.07, 6.45) is 7.38. The SMILES string of the molecule is O=C1NOCCCC1Nc1ccc(C2CCN(CCC3CCNCC3)CC2)c(F)c1. The minimum atomic E-state index is -0.388. The molecule has 30 heavy (non-hydrogen) atoms. The van der Waals surface area contributed by atoms with Crippen molar-refractivity contribution in [2.24, 2.45) is 5.92 Å². The predicted molar refractivity (Wildman–Crippen MR) is 116 cm³/mol. The molecular formula is C23H35FN4O2. The molecule has 0 bridgehead atoms. The largest absolute Gasteiger partial charge is 0.374 e. The van der Waals surface area contributed by atoms with E-state index in [0.717, 1.165) is 56.9 Å². The molecule has 0 aliphatic carbocycles. The molecule has 3 N–H and O–H groups in total. The van der Waals surface area contributed by atoms with Crippen LogP contribution in [0.1, 0.15) is 56.4 Å². The highest BCUT2D eigenvalue weighted by Crippen LogP contribution is 2.32. The second-order valence-corrected chi connectivity index (χ2v) is 8.99. The lowest BCUT2D eigenvalue weighted by Gasteiger charge is -2.34. The van der Waals surface area contributed by atoms with E-state index < -0.39 is 0 Å². The van der Waals surface area contributed by atoms with E-state index in [-0.39, 0.29) is 23.7 Å². The first-order valence-corrected chi connectivity index (χ1v) is 11.6. The lowest BCUT2D eigenvalue weighted by Crippen LogP contribution is -2.37. The van der Waals surface area contributed by atoms with Crippen LogP contribution in [0.2, 0.25) is 0 Å². The van der Waals surface area contributed by atoms with Gasteiger partial charge in [-0.15, -0.1) is 0 Å². The van der Waals surface area contributed by atoms with Crippen LogP contribution in [0, 0.1) is 11.7 Å². The average Bonchev–Trinajstić information content (AvgIpc) is 2.98. The van der Waals surface area contributed by atoms with Crippen LogP contribution in [0.5, 0.6) is 0 Å². The van der Waals surface area contributed by atoms with Gasteiger partial charge in [0.25, 0.3) is 5.91 Å². The van der Waals surface area contributed by atoms with E-state index in [1.807, 2.05) is 12.1 Å². The number of amides is 1. The van der Waals surface area contributed by atoms with Crippen molar-refractivity contribution in [1.82, 2.24) is 15.7 Å². The molecule has 3 fully saturated rings. The summed E-state index contributed by atoms with van der Waals surface area (Å²) in [6, 6.07) is 4.96. The second-order valence-electron chi connectivity index (χ2n) is 8.99. The third-order valence-corrected chi connectivity index (χ3v) is 6.91. The molecule has 0 spiro atoms. The van der Waals surface area contributed by atoms with E-state index >= 15 is 0 Å². The molecule has 0 radical (unpaired) electrons. The van der Waals surface area contributed by atoms with Crippen molar-refractivity contribution in [2.75, 3.05) is 44.6 Å². The molecule has 0 aromatic heterocycles. The number of rotatable bonds is 6. The Bertz CT molecular complexity index is 702. The number of hydrogen-bond acceptors (Lipinski definition) is 5. The maximum absolute atomic E-state index is 14.9. The first kappa shape index (κ1) is 21.5. The van der Waals surface area contributed by atoms with E-state index in [4.69, 9.17) is 4.84 Å². The zero-order chi connectivity index (χ0) is 20.8. The number of nitrogens with zero attached hydrogens (tertiary/aromatic N) is 1. The third-order valence-electron chi connectivity index (χ3n) is 6.91. The van der Waals surface area contributed by atoms with Crippen LogP contribution in [0.25, 0.3) is 0 Å². The minimum absolute atomic E-state index is 0.168. The van der Waals surface area contributed by atoms with Crippen molar-refractivity contribution in [3.05, 3.63) is 29.6 Å². The number of halogens is 1. The number of piperidine rings is 2. The number of benzene rings is 1. The van der Waals surface area contributed by atoms with Gasteiger partial charge in [0.15, 0.2) is 0 Å². The molecule has 6 nitrogen and oxygen atoms in total. The van der Waals surface area contributed by atoms with Crippen LogP contribution in [0.4, 0.5) is 10.1 Å². The fourth-order valence-electron chi connectivity index (χ4n) is 4.97. The fraction of sp³-hybridized carbons (Fsp3) is 0.696. The Hall–Kier alpha value is -1.70. The first-order chi connectivity index (χ1) is 14.7. The Morgan fingerprint density at radius 3 is 2.70 bits per heavy atom. The van der Waals surface area contributed by atoms with Crippen molar-refractivity contribution in [3.8, 4) is 0 Å². The summed E-state index contributed by atoms with van der Waals surface area (Å²) in [5.41, 5.74) is 3.89. The van der Waals surface area contributed by atoms with E-state index in [1.54, 1.807) is 0 Å². The summed E-state index contributed by atoms with van der Waals surface area (Å²) in [5, 5.41) is 6.59. The van der Waals surface area contributed by atoms with Gasteiger partial charge in [0.2, 0.25) is 0 Å². The smallest absolute Gasteiger partial charge is 0.265 e. The molecule has 3 heterocycles. The summed E-state index contributed by atoms with van der Waals surface area (Å²) >= 11 is 0. The molecule has 166 valence electrons. The number of nitrogens with one attached hydrogen (secondary N) is 3. The van der Waals surface area contributed by atoms with Crippen LogP contribution in [-0.4, -0.2) is 56.2 Å². The summed E-state index contributed by atoms with van der Waals surface area (Å²) in [4.78, 5) is 19.6. The van der Waals surface area contributed by atoms with Gasteiger partial charge in [-0.2, -0.15) is 0 Å². The summed E-state index contributed by atoms with van der Waals surface area (Å²) in [6.45, 7) is 6.12. The minimum Gasteiger partial charge on any atom is -0.374 e. The monoisotopic (exact) mass is 418 g/mol. The quantitative estimate of drug-likeness (QED) is 0.663. The molecule has 3 aliphatic rings. The molecule has 1 amide bonds. The molecule has 3 aliphatic heterocycles. The summed E-state index contributed by atoms with van der Waals surface area (Å²) in [5.74, 6) is 0.777. The predicted octanol–water partition coefficient (Wildman–Crippen LogP) is 3.02. The van der Waals surface area contributed by atoms with Gasteiger partial charge in [-0.25, -0.2) is 9.87 Å². The first-order valence-electron chi connectivity index (χ1n) is 11.6. The summed E-state index contributed by atoms with van der Waals surface area (Å²) < 4.78 is 14.9. The van der Waals surface area contributed by atoms with Crippen molar-refractivity contribution >= 4 is 11.6 Å². The Morgan fingerprint density at radius 1 is 1.13 bits per heavy atom. The van der Waals surface area contributed by atoms with Gasteiger partial charge in [0, 0.05) is 5.69 Å². The zero-order valence-electron chi connectivity index (χ0n) is 17.8. The summed E-state index contributed by atoms with van der Waals surface area (Å²) in [7, 11) is 0. The Balaban J connectivity index is 1.27. The highest BCUT2D eigenvalue weighted by Gasteiger charge is 2.25. The van der Waals surface area contributed by atoms with E-state index in [2.05, 4.69) is 21.0 Å². The number of likely N-dealkylation sites (tertiary alicyclic amines) is 1. The van der Waals surface area contributed by atoms with Gasteiger partial charge < -0.3 is 15.5 Å². The molecule has 7 heteroatoms. The molecular weight excluding hydrogens is 383 g/mol. The van der Waals surface area contributed by atoms with E-state index in [0.29, 0.717) is 18.7 Å². The molecule has 1 aromatic rings. The lowest BCUT2D eigenvalue weighted by molar-refractivity contribution is -0.132. The molecule has 0 saturated carbocycles. The van der Waals surface area contributed by atoms with Gasteiger partial charge in [-0.1, -0.05) is 6.07 Å². The van der Waals surface area contributed by atoms with Crippen LogP contribution in [0.3, 0.4) is 0 Å².